The first kappa shape index (κ1) is 16.8. The van der Waals surface area contributed by atoms with Crippen LogP contribution in [0.1, 0.15) is 18.9 Å². The number of ether oxygens (including phenoxy) is 1. The van der Waals surface area contributed by atoms with Crippen LogP contribution in [0.25, 0.3) is 0 Å². The standard InChI is InChI=1S/C17H27N3O2/c1-3-22-16-6-4-15(5-7-16)14-19(2)11-8-17(21)20-12-9-18-10-13-20/h4-7,18H,3,8-14H2,1-2H3. The van der Waals surface area contributed by atoms with Crippen molar-refractivity contribution < 1.29 is 9.53 Å². The molecule has 1 aromatic carbocycles. The molecule has 2 rings (SSSR count). The van der Waals surface area contributed by atoms with Crippen molar-refractivity contribution in [3.8, 4) is 5.75 Å². The van der Waals surface area contributed by atoms with Gasteiger partial charge in [-0.25, -0.2) is 0 Å². The monoisotopic (exact) mass is 305 g/mol. The van der Waals surface area contributed by atoms with Crippen LogP contribution in [-0.2, 0) is 11.3 Å². The van der Waals surface area contributed by atoms with Gasteiger partial charge in [-0.05, 0) is 31.7 Å². The van der Waals surface area contributed by atoms with Crippen LogP contribution in [0.2, 0.25) is 0 Å². The molecule has 0 aromatic heterocycles. The summed E-state index contributed by atoms with van der Waals surface area (Å²) in [6.07, 6.45) is 0.591. The third-order valence-electron chi connectivity index (χ3n) is 3.86. The molecule has 5 heteroatoms. The average Bonchev–Trinajstić information content (AvgIpc) is 2.55. The molecule has 0 atom stereocenters. The summed E-state index contributed by atoms with van der Waals surface area (Å²) in [6.45, 7) is 7.80. The number of nitrogens with one attached hydrogen (secondary N) is 1. The minimum absolute atomic E-state index is 0.264. The van der Waals surface area contributed by atoms with Gasteiger partial charge in [-0.15, -0.1) is 0 Å². The normalized spacial score (nSPS) is 15.1. The Morgan fingerprint density at radius 1 is 1.27 bits per heavy atom. The van der Waals surface area contributed by atoms with E-state index in [4.69, 9.17) is 4.74 Å². The van der Waals surface area contributed by atoms with Gasteiger partial charge in [-0.3, -0.25) is 4.79 Å². The summed E-state index contributed by atoms with van der Waals surface area (Å²) in [6, 6.07) is 8.16. The number of hydrogen-bond acceptors (Lipinski definition) is 4. The molecule has 0 bridgehead atoms. The molecule has 1 aliphatic heterocycles. The van der Waals surface area contributed by atoms with Crippen molar-refractivity contribution in [3.63, 3.8) is 0 Å². The second-order valence-electron chi connectivity index (χ2n) is 5.70. The Bertz CT molecular complexity index is 455. The minimum Gasteiger partial charge on any atom is -0.494 e. The lowest BCUT2D eigenvalue weighted by Crippen LogP contribution is -2.47. The van der Waals surface area contributed by atoms with Gasteiger partial charge in [0.05, 0.1) is 6.61 Å². The van der Waals surface area contributed by atoms with Gasteiger partial charge < -0.3 is 19.9 Å². The molecule has 1 saturated heterocycles. The smallest absolute Gasteiger partial charge is 0.223 e. The second kappa shape index (κ2) is 8.76. The first-order valence-electron chi connectivity index (χ1n) is 8.08. The van der Waals surface area contributed by atoms with Crippen molar-refractivity contribution in [1.29, 1.82) is 0 Å². The number of carbonyl (C=O) groups excluding carboxylic acids is 1. The number of benzene rings is 1. The molecular weight excluding hydrogens is 278 g/mol. The highest BCUT2D eigenvalue weighted by Crippen LogP contribution is 2.13. The SMILES string of the molecule is CCOc1ccc(CN(C)CCC(=O)N2CCNCC2)cc1. The molecule has 0 unspecified atom stereocenters. The maximum absolute atomic E-state index is 12.1. The van der Waals surface area contributed by atoms with Gasteiger partial charge in [-0.2, -0.15) is 0 Å². The highest BCUT2D eigenvalue weighted by Gasteiger charge is 2.16. The molecule has 5 nitrogen and oxygen atoms in total. The van der Waals surface area contributed by atoms with Gasteiger partial charge in [0.25, 0.3) is 0 Å². The molecule has 1 aliphatic rings. The average molecular weight is 305 g/mol. The Morgan fingerprint density at radius 3 is 2.59 bits per heavy atom. The van der Waals surface area contributed by atoms with Gasteiger partial charge in [0.15, 0.2) is 0 Å². The van der Waals surface area contributed by atoms with Crippen molar-refractivity contribution in [1.82, 2.24) is 15.1 Å². The van der Waals surface area contributed by atoms with Crippen molar-refractivity contribution in [3.05, 3.63) is 29.8 Å². The van der Waals surface area contributed by atoms with Crippen LogP contribution in [0.5, 0.6) is 5.75 Å². The summed E-state index contributed by atoms with van der Waals surface area (Å²) in [5, 5.41) is 3.27. The summed E-state index contributed by atoms with van der Waals surface area (Å²) in [4.78, 5) is 16.3. The summed E-state index contributed by atoms with van der Waals surface area (Å²) in [5.74, 6) is 1.17. The quantitative estimate of drug-likeness (QED) is 0.826. The lowest BCUT2D eigenvalue weighted by atomic mass is 10.2. The molecule has 0 aliphatic carbocycles. The first-order chi connectivity index (χ1) is 10.7. The number of piperazine rings is 1. The van der Waals surface area contributed by atoms with Gasteiger partial charge in [0.1, 0.15) is 5.75 Å². The second-order valence-corrected chi connectivity index (χ2v) is 5.70. The topological polar surface area (TPSA) is 44.8 Å². The zero-order chi connectivity index (χ0) is 15.8. The predicted octanol–water partition coefficient (Wildman–Crippen LogP) is 1.34. The van der Waals surface area contributed by atoms with Crippen LogP contribution < -0.4 is 10.1 Å². The Balaban J connectivity index is 1.72. The Morgan fingerprint density at radius 2 is 1.95 bits per heavy atom. The van der Waals surface area contributed by atoms with E-state index in [1.165, 1.54) is 5.56 Å². The lowest BCUT2D eigenvalue weighted by molar-refractivity contribution is -0.132. The third kappa shape index (κ3) is 5.31. The summed E-state index contributed by atoms with van der Waals surface area (Å²) >= 11 is 0. The van der Waals surface area contributed by atoms with Crippen LogP contribution in [-0.4, -0.2) is 62.1 Å². The Hall–Kier alpha value is -1.59. The largest absolute Gasteiger partial charge is 0.494 e. The van der Waals surface area contributed by atoms with Crippen molar-refractivity contribution in [2.45, 2.75) is 19.9 Å². The molecule has 0 saturated carbocycles. The molecule has 1 aromatic rings. The zero-order valence-corrected chi connectivity index (χ0v) is 13.7. The van der Waals surface area contributed by atoms with Crippen LogP contribution in [0.3, 0.4) is 0 Å². The number of rotatable bonds is 7. The van der Waals surface area contributed by atoms with E-state index >= 15 is 0 Å². The summed E-state index contributed by atoms with van der Waals surface area (Å²) < 4.78 is 5.44. The van der Waals surface area contributed by atoms with Crippen LogP contribution in [0, 0.1) is 0 Å². The van der Waals surface area contributed by atoms with Crippen molar-refractivity contribution >= 4 is 5.91 Å². The maximum Gasteiger partial charge on any atom is 0.223 e. The summed E-state index contributed by atoms with van der Waals surface area (Å²) in [7, 11) is 2.06. The maximum atomic E-state index is 12.1. The van der Waals surface area contributed by atoms with Crippen LogP contribution in [0.15, 0.2) is 24.3 Å². The van der Waals surface area contributed by atoms with E-state index in [-0.39, 0.29) is 5.91 Å². The molecule has 1 heterocycles. The number of nitrogens with zero attached hydrogens (tertiary/aromatic N) is 2. The van der Waals surface area contributed by atoms with Crippen LogP contribution >= 0.6 is 0 Å². The van der Waals surface area contributed by atoms with E-state index in [1.807, 2.05) is 24.0 Å². The van der Waals surface area contributed by atoms with Gasteiger partial charge >= 0.3 is 0 Å². The van der Waals surface area contributed by atoms with E-state index in [2.05, 4.69) is 29.4 Å². The molecule has 1 N–H and O–H groups in total. The van der Waals surface area contributed by atoms with E-state index in [9.17, 15) is 4.79 Å². The predicted molar refractivity (Wildman–Crippen MR) is 88.0 cm³/mol. The van der Waals surface area contributed by atoms with Crippen LogP contribution in [0.4, 0.5) is 0 Å². The van der Waals surface area contributed by atoms with E-state index in [0.717, 1.165) is 45.0 Å². The van der Waals surface area contributed by atoms with Crippen molar-refractivity contribution in [2.75, 3.05) is 46.4 Å². The molecule has 122 valence electrons. The Labute approximate surface area is 133 Å². The first-order valence-corrected chi connectivity index (χ1v) is 8.08. The highest BCUT2D eigenvalue weighted by atomic mass is 16.5. The van der Waals surface area contributed by atoms with E-state index in [0.29, 0.717) is 13.0 Å². The fourth-order valence-electron chi connectivity index (χ4n) is 2.61. The fourth-order valence-corrected chi connectivity index (χ4v) is 2.61. The zero-order valence-electron chi connectivity index (χ0n) is 13.7. The van der Waals surface area contributed by atoms with Gasteiger partial charge in [0.2, 0.25) is 5.91 Å². The number of hydrogen-bond donors (Lipinski definition) is 1. The molecule has 1 fully saturated rings. The van der Waals surface area contributed by atoms with Crippen molar-refractivity contribution in [2.24, 2.45) is 0 Å². The molecule has 1 amide bonds. The lowest BCUT2D eigenvalue weighted by Gasteiger charge is -2.28. The highest BCUT2D eigenvalue weighted by molar-refractivity contribution is 5.76. The minimum atomic E-state index is 0.264. The van der Waals surface area contributed by atoms with E-state index in [1.54, 1.807) is 0 Å². The third-order valence-corrected chi connectivity index (χ3v) is 3.86. The molecule has 22 heavy (non-hydrogen) atoms. The van der Waals surface area contributed by atoms with Gasteiger partial charge in [-0.1, -0.05) is 12.1 Å². The fraction of sp³-hybridized carbons (Fsp3) is 0.588. The molecular formula is C17H27N3O2. The number of carbonyl (C=O) groups is 1. The summed E-state index contributed by atoms with van der Waals surface area (Å²) in [5.41, 5.74) is 1.24. The van der Waals surface area contributed by atoms with Gasteiger partial charge in [0, 0.05) is 45.7 Å². The molecule has 0 spiro atoms. The van der Waals surface area contributed by atoms with E-state index < -0.39 is 0 Å². The molecule has 0 radical (unpaired) electrons. The number of amides is 1. The Kier molecular flexibility index (Phi) is 6.68.